The van der Waals surface area contributed by atoms with Gasteiger partial charge in [0.05, 0.1) is 16.3 Å². The maximum atomic E-state index is 14.0. The minimum Gasteiger partial charge on any atom is -0.306 e. The summed E-state index contributed by atoms with van der Waals surface area (Å²) in [6.07, 6.45) is 3.54. The molecule has 1 aliphatic rings. The molecule has 0 unspecified atom stereocenters. The zero-order valence-corrected chi connectivity index (χ0v) is 10.9. The molecule has 0 atom stereocenters. The van der Waals surface area contributed by atoms with Crippen molar-refractivity contribution in [1.82, 2.24) is 9.97 Å². The SMILES string of the molecule is O=c1[nH]c(-c2cccc(Cl)c2F)nc2c1CCCC2. The van der Waals surface area contributed by atoms with Gasteiger partial charge in [-0.3, -0.25) is 4.79 Å². The summed E-state index contributed by atoms with van der Waals surface area (Å²) >= 11 is 5.75. The second-order valence-corrected chi connectivity index (χ2v) is 5.06. The number of aromatic amines is 1. The average molecular weight is 279 g/mol. The van der Waals surface area contributed by atoms with E-state index in [0.717, 1.165) is 36.9 Å². The largest absolute Gasteiger partial charge is 0.306 e. The van der Waals surface area contributed by atoms with Crippen LogP contribution in [0.4, 0.5) is 4.39 Å². The van der Waals surface area contributed by atoms with E-state index in [1.165, 1.54) is 6.07 Å². The molecule has 19 heavy (non-hydrogen) atoms. The van der Waals surface area contributed by atoms with Gasteiger partial charge in [0.25, 0.3) is 5.56 Å². The third-order valence-corrected chi connectivity index (χ3v) is 3.69. The van der Waals surface area contributed by atoms with Crippen LogP contribution in [0.25, 0.3) is 11.4 Å². The van der Waals surface area contributed by atoms with Gasteiger partial charge in [-0.1, -0.05) is 17.7 Å². The number of hydrogen-bond donors (Lipinski definition) is 1. The normalized spacial score (nSPS) is 14.2. The monoisotopic (exact) mass is 278 g/mol. The van der Waals surface area contributed by atoms with E-state index >= 15 is 0 Å². The molecule has 0 bridgehead atoms. The van der Waals surface area contributed by atoms with E-state index in [1.54, 1.807) is 12.1 Å². The lowest BCUT2D eigenvalue weighted by Crippen LogP contribution is -2.21. The van der Waals surface area contributed by atoms with Crippen molar-refractivity contribution >= 4 is 11.6 Å². The van der Waals surface area contributed by atoms with Crippen molar-refractivity contribution in [1.29, 1.82) is 0 Å². The fourth-order valence-corrected chi connectivity index (χ4v) is 2.59. The van der Waals surface area contributed by atoms with Gasteiger partial charge in [-0.25, -0.2) is 9.37 Å². The number of nitrogens with zero attached hydrogens (tertiary/aromatic N) is 1. The van der Waals surface area contributed by atoms with E-state index < -0.39 is 5.82 Å². The van der Waals surface area contributed by atoms with Crippen LogP contribution < -0.4 is 5.56 Å². The maximum Gasteiger partial charge on any atom is 0.254 e. The summed E-state index contributed by atoms with van der Waals surface area (Å²) in [6.45, 7) is 0. The van der Waals surface area contributed by atoms with Crippen molar-refractivity contribution < 1.29 is 4.39 Å². The van der Waals surface area contributed by atoms with Crippen molar-refractivity contribution in [2.75, 3.05) is 0 Å². The first kappa shape index (κ1) is 12.4. The van der Waals surface area contributed by atoms with Crippen LogP contribution in [0.1, 0.15) is 24.1 Å². The van der Waals surface area contributed by atoms with Crippen molar-refractivity contribution in [3.8, 4) is 11.4 Å². The molecule has 3 rings (SSSR count). The van der Waals surface area contributed by atoms with Gasteiger partial charge in [-0.05, 0) is 37.8 Å². The Hall–Kier alpha value is -1.68. The van der Waals surface area contributed by atoms with Gasteiger partial charge < -0.3 is 4.98 Å². The van der Waals surface area contributed by atoms with Gasteiger partial charge in [-0.15, -0.1) is 0 Å². The Bertz CT molecular complexity index is 696. The summed E-state index contributed by atoms with van der Waals surface area (Å²) in [7, 11) is 0. The second-order valence-electron chi connectivity index (χ2n) is 4.65. The minimum absolute atomic E-state index is 0.0258. The lowest BCUT2D eigenvalue weighted by molar-refractivity contribution is 0.627. The number of aromatic nitrogens is 2. The highest BCUT2D eigenvalue weighted by Gasteiger charge is 2.18. The van der Waals surface area contributed by atoms with Crippen LogP contribution in [0.5, 0.6) is 0 Å². The van der Waals surface area contributed by atoms with Crippen LogP contribution in [0.15, 0.2) is 23.0 Å². The van der Waals surface area contributed by atoms with Gasteiger partial charge in [-0.2, -0.15) is 0 Å². The molecular formula is C14H12ClFN2O. The molecule has 0 saturated heterocycles. The first-order valence-electron chi connectivity index (χ1n) is 6.23. The lowest BCUT2D eigenvalue weighted by Gasteiger charge is -2.14. The summed E-state index contributed by atoms with van der Waals surface area (Å²) in [5.41, 5.74) is 1.58. The van der Waals surface area contributed by atoms with Crippen molar-refractivity contribution in [3.63, 3.8) is 0 Å². The third-order valence-electron chi connectivity index (χ3n) is 3.40. The fraction of sp³-hybridized carbons (Fsp3) is 0.286. The molecule has 0 aliphatic heterocycles. The highest BCUT2D eigenvalue weighted by Crippen LogP contribution is 2.26. The Kier molecular flexibility index (Phi) is 3.11. The quantitative estimate of drug-likeness (QED) is 0.871. The summed E-state index contributed by atoms with van der Waals surface area (Å²) in [5, 5.41) is 0.0258. The van der Waals surface area contributed by atoms with E-state index in [-0.39, 0.29) is 22.0 Å². The van der Waals surface area contributed by atoms with Gasteiger partial charge >= 0.3 is 0 Å². The second kappa shape index (κ2) is 4.78. The van der Waals surface area contributed by atoms with Gasteiger partial charge in [0.2, 0.25) is 0 Å². The molecule has 0 radical (unpaired) electrons. The Morgan fingerprint density at radius 3 is 2.89 bits per heavy atom. The molecule has 2 aromatic rings. The molecule has 3 nitrogen and oxygen atoms in total. The van der Waals surface area contributed by atoms with E-state index in [2.05, 4.69) is 9.97 Å². The van der Waals surface area contributed by atoms with Crippen molar-refractivity contribution in [2.24, 2.45) is 0 Å². The molecule has 1 aromatic carbocycles. The fourth-order valence-electron chi connectivity index (χ4n) is 2.42. The predicted octanol–water partition coefficient (Wildman–Crippen LogP) is 3.11. The predicted molar refractivity (Wildman–Crippen MR) is 71.9 cm³/mol. The summed E-state index contributed by atoms with van der Waals surface area (Å²) in [6, 6.07) is 4.67. The molecule has 0 spiro atoms. The van der Waals surface area contributed by atoms with E-state index in [0.29, 0.717) is 0 Å². The number of H-pyrrole nitrogens is 1. The number of rotatable bonds is 1. The van der Waals surface area contributed by atoms with Gasteiger partial charge in [0.1, 0.15) is 5.82 Å². The number of halogens is 2. The Balaban J connectivity index is 2.19. The van der Waals surface area contributed by atoms with E-state index in [4.69, 9.17) is 11.6 Å². The van der Waals surface area contributed by atoms with E-state index in [1.807, 2.05) is 0 Å². The molecule has 0 amide bonds. The standard InChI is InChI=1S/C14H12ClFN2O/c15-10-6-3-5-9(12(10)16)13-17-11-7-2-1-4-8(11)14(19)18-13/h3,5-6H,1-2,4,7H2,(H,17,18,19). The number of aryl methyl sites for hydroxylation is 1. The van der Waals surface area contributed by atoms with Crippen molar-refractivity contribution in [3.05, 3.63) is 50.7 Å². The van der Waals surface area contributed by atoms with E-state index in [9.17, 15) is 9.18 Å². The minimum atomic E-state index is -0.553. The summed E-state index contributed by atoms with van der Waals surface area (Å²) in [5.74, 6) is -0.297. The van der Waals surface area contributed by atoms with Crippen LogP contribution in [0.2, 0.25) is 5.02 Å². The Labute approximate surface area is 114 Å². The number of nitrogens with one attached hydrogen (secondary N) is 1. The molecule has 1 N–H and O–H groups in total. The van der Waals surface area contributed by atoms with Crippen LogP contribution in [0, 0.1) is 5.82 Å². The van der Waals surface area contributed by atoms with Gasteiger partial charge in [0.15, 0.2) is 5.82 Å². The van der Waals surface area contributed by atoms with Crippen LogP contribution in [0.3, 0.4) is 0 Å². The summed E-state index contributed by atoms with van der Waals surface area (Å²) < 4.78 is 14.0. The molecule has 98 valence electrons. The molecular weight excluding hydrogens is 267 g/mol. The molecule has 1 aromatic heterocycles. The lowest BCUT2D eigenvalue weighted by atomic mass is 9.97. The molecule has 1 heterocycles. The highest BCUT2D eigenvalue weighted by atomic mass is 35.5. The average Bonchev–Trinajstić information content (AvgIpc) is 2.42. The van der Waals surface area contributed by atoms with Crippen molar-refractivity contribution in [2.45, 2.75) is 25.7 Å². The van der Waals surface area contributed by atoms with Crippen LogP contribution in [-0.2, 0) is 12.8 Å². The van der Waals surface area contributed by atoms with Crippen LogP contribution in [-0.4, -0.2) is 9.97 Å². The molecule has 1 aliphatic carbocycles. The Morgan fingerprint density at radius 1 is 1.26 bits per heavy atom. The number of hydrogen-bond acceptors (Lipinski definition) is 2. The molecule has 0 saturated carbocycles. The topological polar surface area (TPSA) is 45.8 Å². The zero-order valence-electron chi connectivity index (χ0n) is 10.2. The summed E-state index contributed by atoms with van der Waals surface area (Å²) in [4.78, 5) is 19.0. The highest BCUT2D eigenvalue weighted by molar-refractivity contribution is 6.31. The third kappa shape index (κ3) is 2.16. The Morgan fingerprint density at radius 2 is 2.05 bits per heavy atom. The van der Waals surface area contributed by atoms with Crippen LogP contribution >= 0.6 is 11.6 Å². The maximum absolute atomic E-state index is 14.0. The van der Waals surface area contributed by atoms with Gasteiger partial charge in [0, 0.05) is 5.56 Å². The first-order chi connectivity index (χ1) is 9.16. The number of fused-ring (bicyclic) bond motifs is 1. The zero-order chi connectivity index (χ0) is 13.4. The first-order valence-corrected chi connectivity index (χ1v) is 6.61. The molecule has 5 heteroatoms. The molecule has 0 fully saturated rings. The smallest absolute Gasteiger partial charge is 0.254 e. The number of benzene rings is 1.